The number of aromatic nitrogens is 3. The van der Waals surface area contributed by atoms with E-state index in [1.165, 1.54) is 0 Å². The van der Waals surface area contributed by atoms with Gasteiger partial charge in [-0.25, -0.2) is 9.97 Å². The first-order chi connectivity index (χ1) is 11.9. The van der Waals surface area contributed by atoms with E-state index < -0.39 is 0 Å². The lowest BCUT2D eigenvalue weighted by atomic mass is 10.1. The van der Waals surface area contributed by atoms with Gasteiger partial charge in [-0.15, -0.1) is 11.3 Å². The fourth-order valence-electron chi connectivity index (χ4n) is 2.41. The second-order valence-electron chi connectivity index (χ2n) is 5.07. The Bertz CT molecular complexity index is 980. The standard InChI is InChI=1S/C18H13N5S/c1-2-4-14(5-3-1)15-11-24-18-16(15)17(20-12-21-18)23-22-10-13-6-8-19-9-7-13/h1-12H,(H,20,21,23)/b22-10+. The molecule has 3 aromatic heterocycles. The average molecular weight is 331 g/mol. The minimum absolute atomic E-state index is 0.699. The van der Waals surface area contributed by atoms with Crippen molar-refractivity contribution in [3.63, 3.8) is 0 Å². The average Bonchev–Trinajstić information content (AvgIpc) is 3.08. The molecule has 0 aliphatic rings. The van der Waals surface area contributed by atoms with Crippen molar-refractivity contribution in [2.75, 3.05) is 5.43 Å². The topological polar surface area (TPSA) is 63.1 Å². The summed E-state index contributed by atoms with van der Waals surface area (Å²) in [6, 6.07) is 14.0. The molecular formula is C18H13N5S. The van der Waals surface area contributed by atoms with Crippen LogP contribution < -0.4 is 5.43 Å². The van der Waals surface area contributed by atoms with Crippen LogP contribution in [-0.4, -0.2) is 21.2 Å². The van der Waals surface area contributed by atoms with Crippen LogP contribution in [0.5, 0.6) is 0 Å². The molecule has 3 heterocycles. The lowest BCUT2D eigenvalue weighted by Gasteiger charge is -2.04. The molecule has 1 aromatic carbocycles. The number of pyridine rings is 1. The van der Waals surface area contributed by atoms with E-state index in [0.717, 1.165) is 26.9 Å². The van der Waals surface area contributed by atoms with Crippen molar-refractivity contribution in [2.24, 2.45) is 5.10 Å². The number of nitrogens with one attached hydrogen (secondary N) is 1. The van der Waals surface area contributed by atoms with E-state index >= 15 is 0 Å². The van der Waals surface area contributed by atoms with Gasteiger partial charge in [-0.05, 0) is 23.3 Å². The zero-order valence-corrected chi connectivity index (χ0v) is 13.4. The van der Waals surface area contributed by atoms with Crippen LogP contribution in [0, 0.1) is 0 Å². The predicted octanol–water partition coefficient (Wildman–Crippen LogP) is 4.20. The van der Waals surface area contributed by atoms with Crippen molar-refractivity contribution >= 4 is 33.6 Å². The molecule has 6 heteroatoms. The molecule has 0 aliphatic heterocycles. The van der Waals surface area contributed by atoms with Crippen LogP contribution in [0.15, 0.2) is 71.7 Å². The fourth-order valence-corrected chi connectivity index (χ4v) is 3.32. The first-order valence-corrected chi connectivity index (χ1v) is 8.26. The van der Waals surface area contributed by atoms with Gasteiger partial charge >= 0.3 is 0 Å². The monoisotopic (exact) mass is 331 g/mol. The molecule has 0 aliphatic carbocycles. The molecule has 1 N–H and O–H groups in total. The molecule has 4 aromatic rings. The maximum Gasteiger partial charge on any atom is 0.159 e. The molecular weight excluding hydrogens is 318 g/mol. The number of hydrogen-bond acceptors (Lipinski definition) is 6. The van der Waals surface area contributed by atoms with Crippen LogP contribution in [0.2, 0.25) is 0 Å². The van der Waals surface area contributed by atoms with Crippen molar-refractivity contribution in [3.8, 4) is 11.1 Å². The Kier molecular flexibility index (Phi) is 3.95. The molecule has 0 spiro atoms. The van der Waals surface area contributed by atoms with Gasteiger partial charge in [0.1, 0.15) is 11.2 Å². The summed E-state index contributed by atoms with van der Waals surface area (Å²) < 4.78 is 0. The summed E-state index contributed by atoms with van der Waals surface area (Å²) in [5.74, 6) is 0.699. The van der Waals surface area contributed by atoms with Gasteiger partial charge in [0.15, 0.2) is 5.82 Å². The molecule has 4 rings (SSSR count). The number of anilines is 1. The number of nitrogens with zero attached hydrogens (tertiary/aromatic N) is 4. The van der Waals surface area contributed by atoms with Crippen LogP contribution in [0.4, 0.5) is 5.82 Å². The number of rotatable bonds is 4. The molecule has 116 valence electrons. The van der Waals surface area contributed by atoms with E-state index in [9.17, 15) is 0 Å². The third kappa shape index (κ3) is 2.87. The van der Waals surface area contributed by atoms with Gasteiger partial charge < -0.3 is 0 Å². The lowest BCUT2D eigenvalue weighted by molar-refractivity contribution is 1.19. The fraction of sp³-hybridized carbons (Fsp3) is 0. The normalized spacial score (nSPS) is 11.2. The van der Waals surface area contributed by atoms with E-state index in [2.05, 4.69) is 43.0 Å². The molecule has 0 fully saturated rings. The zero-order chi connectivity index (χ0) is 16.2. The largest absolute Gasteiger partial charge is 0.265 e. The molecule has 5 nitrogen and oxygen atoms in total. The van der Waals surface area contributed by atoms with E-state index in [1.807, 2.05) is 30.3 Å². The van der Waals surface area contributed by atoms with Crippen LogP contribution in [0.1, 0.15) is 5.56 Å². The maximum atomic E-state index is 4.36. The molecule has 0 unspecified atom stereocenters. The highest BCUT2D eigenvalue weighted by atomic mass is 32.1. The maximum absolute atomic E-state index is 4.36. The van der Waals surface area contributed by atoms with E-state index in [-0.39, 0.29) is 0 Å². The molecule has 0 atom stereocenters. The summed E-state index contributed by atoms with van der Waals surface area (Å²) >= 11 is 1.60. The zero-order valence-electron chi connectivity index (χ0n) is 12.6. The first kappa shape index (κ1) is 14.5. The van der Waals surface area contributed by atoms with Crippen LogP contribution in [0.25, 0.3) is 21.3 Å². The third-order valence-corrected chi connectivity index (χ3v) is 4.43. The van der Waals surface area contributed by atoms with Gasteiger partial charge in [0, 0.05) is 23.3 Å². The van der Waals surface area contributed by atoms with Crippen molar-refractivity contribution < 1.29 is 0 Å². The van der Waals surface area contributed by atoms with Crippen molar-refractivity contribution in [3.05, 3.63) is 72.1 Å². The van der Waals surface area contributed by atoms with Crippen LogP contribution in [0.3, 0.4) is 0 Å². The highest BCUT2D eigenvalue weighted by molar-refractivity contribution is 7.17. The third-order valence-electron chi connectivity index (χ3n) is 3.55. The quantitative estimate of drug-likeness (QED) is 0.450. The Morgan fingerprint density at radius 1 is 1.00 bits per heavy atom. The van der Waals surface area contributed by atoms with Gasteiger partial charge in [-0.3, -0.25) is 10.4 Å². The number of fused-ring (bicyclic) bond motifs is 1. The van der Waals surface area contributed by atoms with E-state index in [1.54, 1.807) is 36.3 Å². The molecule has 0 bridgehead atoms. The van der Waals surface area contributed by atoms with Gasteiger partial charge in [0.2, 0.25) is 0 Å². The Balaban J connectivity index is 1.71. The van der Waals surface area contributed by atoms with Gasteiger partial charge in [-0.1, -0.05) is 30.3 Å². The Labute approximate surface area is 142 Å². The second kappa shape index (κ2) is 6.55. The van der Waals surface area contributed by atoms with E-state index in [0.29, 0.717) is 5.82 Å². The number of hydrazone groups is 1. The van der Waals surface area contributed by atoms with Gasteiger partial charge in [0.25, 0.3) is 0 Å². The molecule has 0 saturated heterocycles. The number of benzene rings is 1. The van der Waals surface area contributed by atoms with Crippen molar-refractivity contribution in [1.82, 2.24) is 15.0 Å². The van der Waals surface area contributed by atoms with Crippen molar-refractivity contribution in [2.45, 2.75) is 0 Å². The molecule has 24 heavy (non-hydrogen) atoms. The SMILES string of the molecule is C(=N\Nc1ncnc2scc(-c3ccccc3)c12)/c1ccncc1. The minimum atomic E-state index is 0.699. The Hall–Kier alpha value is -3.12. The predicted molar refractivity (Wildman–Crippen MR) is 98.3 cm³/mol. The Morgan fingerprint density at radius 3 is 2.67 bits per heavy atom. The summed E-state index contributed by atoms with van der Waals surface area (Å²) in [5, 5.41) is 7.38. The molecule has 0 amide bonds. The lowest BCUT2D eigenvalue weighted by Crippen LogP contribution is -1.95. The van der Waals surface area contributed by atoms with E-state index in [4.69, 9.17) is 0 Å². The summed E-state index contributed by atoms with van der Waals surface area (Å²) in [4.78, 5) is 13.6. The summed E-state index contributed by atoms with van der Waals surface area (Å²) in [7, 11) is 0. The summed E-state index contributed by atoms with van der Waals surface area (Å²) in [6.07, 6.45) is 6.76. The smallest absolute Gasteiger partial charge is 0.159 e. The second-order valence-corrected chi connectivity index (χ2v) is 5.93. The number of thiophene rings is 1. The molecule has 0 saturated carbocycles. The van der Waals surface area contributed by atoms with Gasteiger partial charge in [-0.2, -0.15) is 5.10 Å². The van der Waals surface area contributed by atoms with Crippen molar-refractivity contribution in [1.29, 1.82) is 0 Å². The van der Waals surface area contributed by atoms with Crippen LogP contribution in [-0.2, 0) is 0 Å². The Morgan fingerprint density at radius 2 is 1.83 bits per heavy atom. The van der Waals surface area contributed by atoms with Crippen LogP contribution >= 0.6 is 11.3 Å². The van der Waals surface area contributed by atoms with Gasteiger partial charge in [0.05, 0.1) is 11.6 Å². The highest BCUT2D eigenvalue weighted by Gasteiger charge is 2.12. The summed E-state index contributed by atoms with van der Waals surface area (Å²) in [6.45, 7) is 0. The number of hydrogen-bond donors (Lipinski definition) is 1. The minimum Gasteiger partial charge on any atom is -0.265 e. The highest BCUT2D eigenvalue weighted by Crippen LogP contribution is 2.36. The molecule has 0 radical (unpaired) electrons. The first-order valence-electron chi connectivity index (χ1n) is 7.38. The summed E-state index contributed by atoms with van der Waals surface area (Å²) in [5.41, 5.74) is 6.25.